The number of hydrogen-bond acceptors (Lipinski definition) is 8. The van der Waals surface area contributed by atoms with Gasteiger partial charge in [0, 0.05) is 0 Å². The lowest BCUT2D eigenvalue weighted by Crippen LogP contribution is -2.51. The van der Waals surface area contributed by atoms with Gasteiger partial charge in [0.05, 0.1) is 0 Å². The largest absolute Gasteiger partial charge is 0.387 e. The van der Waals surface area contributed by atoms with Crippen molar-refractivity contribution in [1.29, 1.82) is 0 Å². The molecule has 0 amide bonds. The summed E-state index contributed by atoms with van der Waals surface area (Å²) in [7, 11) is -5.05. The van der Waals surface area contributed by atoms with E-state index in [0.29, 0.717) is 0 Å². The predicted octanol–water partition coefficient (Wildman–Crippen LogP) is -4.16. The smallest absolute Gasteiger partial charge is 0.294 e. The molecule has 9 nitrogen and oxygen atoms in total. The van der Waals surface area contributed by atoms with E-state index in [1.807, 2.05) is 0 Å². The average molecular weight is 260 g/mol. The van der Waals surface area contributed by atoms with Gasteiger partial charge in [-0.1, -0.05) is 0 Å². The van der Waals surface area contributed by atoms with E-state index >= 15 is 0 Å². The fourth-order valence-corrected chi connectivity index (χ4v) is 1.34. The maximum Gasteiger partial charge on any atom is 0.294 e. The minimum atomic E-state index is -5.05. The van der Waals surface area contributed by atoms with E-state index in [2.05, 4.69) is 0 Å². The van der Waals surface area contributed by atoms with E-state index in [1.165, 1.54) is 0 Å². The number of carbonyl (C=O) groups excluding carboxylic acids is 1. The molecule has 0 aromatic rings. The van der Waals surface area contributed by atoms with Gasteiger partial charge in [0.2, 0.25) is 5.44 Å². The van der Waals surface area contributed by atoms with Gasteiger partial charge in [0.15, 0.2) is 6.29 Å². The Labute approximate surface area is 90.3 Å². The number of hydrogen-bond donors (Lipinski definition) is 6. The third-order valence-electron chi connectivity index (χ3n) is 1.79. The van der Waals surface area contributed by atoms with Crippen LogP contribution in [0.4, 0.5) is 0 Å². The molecule has 0 saturated carbocycles. The summed E-state index contributed by atoms with van der Waals surface area (Å²) in [6.45, 7) is 0. The van der Waals surface area contributed by atoms with Crippen molar-refractivity contribution in [2.45, 2.75) is 29.9 Å². The molecule has 0 radical (unpaired) electrons. The van der Waals surface area contributed by atoms with Crippen molar-refractivity contribution >= 4 is 16.4 Å². The minimum absolute atomic E-state index is 0.166. The van der Waals surface area contributed by atoms with E-state index in [9.17, 15) is 13.2 Å². The fourth-order valence-electron chi connectivity index (χ4n) is 0.829. The Morgan fingerprint density at radius 2 is 1.31 bits per heavy atom. The Kier molecular flexibility index (Phi) is 5.41. The molecule has 0 rings (SSSR count). The highest BCUT2D eigenvalue weighted by atomic mass is 32.2. The molecule has 0 aromatic heterocycles. The molecule has 0 heterocycles. The van der Waals surface area contributed by atoms with Crippen molar-refractivity contribution in [3.8, 4) is 0 Å². The molecule has 6 N–H and O–H groups in total. The summed E-state index contributed by atoms with van der Waals surface area (Å²) < 4.78 is 29.0. The number of rotatable bonds is 6. The number of carbonyl (C=O) groups is 1. The average Bonchev–Trinajstić information content (AvgIpc) is 2.22. The van der Waals surface area contributed by atoms with Crippen LogP contribution in [0.2, 0.25) is 0 Å². The van der Waals surface area contributed by atoms with Gasteiger partial charge in [-0.3, -0.25) is 4.55 Å². The lowest BCUT2D eigenvalue weighted by molar-refractivity contribution is -0.138. The summed E-state index contributed by atoms with van der Waals surface area (Å²) in [6.07, 6.45) is -9.26. The van der Waals surface area contributed by atoms with Gasteiger partial charge in [-0.15, -0.1) is 0 Å². The third-order valence-corrected chi connectivity index (χ3v) is 2.68. The van der Waals surface area contributed by atoms with Gasteiger partial charge < -0.3 is 30.3 Å². The normalized spacial score (nSPS) is 21.9. The predicted molar refractivity (Wildman–Crippen MR) is 47.6 cm³/mol. The lowest BCUT2D eigenvalue weighted by atomic mass is 10.0. The number of aldehydes is 1. The van der Waals surface area contributed by atoms with Crippen LogP contribution in [0.5, 0.6) is 0 Å². The molecule has 0 bridgehead atoms. The molecule has 1 unspecified atom stereocenters. The zero-order valence-corrected chi connectivity index (χ0v) is 8.60. The molecular formula is C6H12O9S. The Bertz CT molecular complexity index is 325. The molecule has 10 heteroatoms. The van der Waals surface area contributed by atoms with E-state index in [1.54, 1.807) is 0 Å². The Balaban J connectivity index is 4.74. The first kappa shape index (κ1) is 15.4. The molecule has 0 fully saturated rings. The van der Waals surface area contributed by atoms with Crippen LogP contribution < -0.4 is 0 Å². The van der Waals surface area contributed by atoms with E-state index < -0.39 is 40.0 Å². The Hall–Kier alpha value is -0.620. The van der Waals surface area contributed by atoms with Crippen LogP contribution in [0.25, 0.3) is 0 Å². The first-order chi connectivity index (χ1) is 7.12. The summed E-state index contributed by atoms with van der Waals surface area (Å²) in [5.74, 6) is 0. The zero-order chi connectivity index (χ0) is 13.1. The standard InChI is InChI=1S/C6H12O9S/c7-1-2(8)3(9)4(10)5(11)6(12)16(13,14)15/h1-6,8-12H,(H,13,14,15)/t2-,3+,4+,5-,6?/m0/s1. The summed E-state index contributed by atoms with van der Waals surface area (Å²) >= 11 is 0. The molecule has 0 saturated heterocycles. The number of aliphatic hydroxyl groups is 5. The van der Waals surface area contributed by atoms with Crippen LogP contribution in [-0.4, -0.2) is 74.6 Å². The third kappa shape index (κ3) is 3.75. The van der Waals surface area contributed by atoms with Crippen LogP contribution in [0.15, 0.2) is 0 Å². The van der Waals surface area contributed by atoms with E-state index in [-0.39, 0.29) is 6.29 Å². The minimum Gasteiger partial charge on any atom is -0.387 e. The molecule has 0 aliphatic rings. The van der Waals surface area contributed by atoms with Gasteiger partial charge in [-0.2, -0.15) is 8.42 Å². The van der Waals surface area contributed by atoms with Crippen molar-refractivity contribution in [1.82, 2.24) is 0 Å². The van der Waals surface area contributed by atoms with Crippen molar-refractivity contribution in [3.05, 3.63) is 0 Å². The highest BCUT2D eigenvalue weighted by Gasteiger charge is 2.39. The summed E-state index contributed by atoms with van der Waals surface area (Å²) in [6, 6.07) is 0. The molecule has 0 aliphatic carbocycles. The maximum absolute atomic E-state index is 10.4. The zero-order valence-electron chi connectivity index (χ0n) is 7.78. The van der Waals surface area contributed by atoms with Crippen molar-refractivity contribution < 1.29 is 43.3 Å². The van der Waals surface area contributed by atoms with Crippen LogP contribution in [0.1, 0.15) is 0 Å². The second-order valence-electron chi connectivity index (χ2n) is 3.00. The Morgan fingerprint density at radius 1 is 0.875 bits per heavy atom. The van der Waals surface area contributed by atoms with Crippen LogP contribution in [-0.2, 0) is 14.9 Å². The van der Waals surface area contributed by atoms with Crippen molar-refractivity contribution in [2.24, 2.45) is 0 Å². The van der Waals surface area contributed by atoms with Gasteiger partial charge in [0.1, 0.15) is 24.4 Å². The first-order valence-electron chi connectivity index (χ1n) is 3.94. The molecule has 16 heavy (non-hydrogen) atoms. The second-order valence-corrected chi connectivity index (χ2v) is 4.52. The van der Waals surface area contributed by atoms with E-state index in [4.69, 9.17) is 30.1 Å². The fraction of sp³-hybridized carbons (Fsp3) is 0.833. The highest BCUT2D eigenvalue weighted by Crippen LogP contribution is 2.11. The topological polar surface area (TPSA) is 173 Å². The van der Waals surface area contributed by atoms with Gasteiger partial charge >= 0.3 is 0 Å². The van der Waals surface area contributed by atoms with Crippen LogP contribution >= 0.6 is 0 Å². The summed E-state index contributed by atoms with van der Waals surface area (Å²) in [5.41, 5.74) is -2.77. The number of aliphatic hydroxyl groups excluding tert-OH is 5. The monoisotopic (exact) mass is 260 g/mol. The summed E-state index contributed by atoms with van der Waals surface area (Å²) in [4.78, 5) is 10.0. The van der Waals surface area contributed by atoms with Crippen molar-refractivity contribution in [3.63, 3.8) is 0 Å². The van der Waals surface area contributed by atoms with Gasteiger partial charge in [-0.05, 0) is 0 Å². The maximum atomic E-state index is 10.4. The SMILES string of the molecule is O=C[C@H](O)[C@@H](O)[C@@H](O)[C@H](O)C(O)S(=O)(=O)O. The van der Waals surface area contributed by atoms with Crippen molar-refractivity contribution in [2.75, 3.05) is 0 Å². The molecule has 0 spiro atoms. The lowest BCUT2D eigenvalue weighted by Gasteiger charge is -2.25. The second kappa shape index (κ2) is 5.63. The highest BCUT2D eigenvalue weighted by molar-refractivity contribution is 7.86. The quantitative estimate of drug-likeness (QED) is 0.204. The van der Waals surface area contributed by atoms with Gasteiger partial charge in [-0.25, -0.2) is 0 Å². The van der Waals surface area contributed by atoms with Gasteiger partial charge in [0.25, 0.3) is 10.1 Å². The Morgan fingerprint density at radius 3 is 1.62 bits per heavy atom. The van der Waals surface area contributed by atoms with Crippen LogP contribution in [0, 0.1) is 0 Å². The first-order valence-corrected chi connectivity index (χ1v) is 5.45. The molecule has 0 aromatic carbocycles. The van der Waals surface area contributed by atoms with Crippen LogP contribution in [0.3, 0.4) is 0 Å². The molecule has 0 aliphatic heterocycles. The molecule has 5 atom stereocenters. The molecular weight excluding hydrogens is 248 g/mol. The molecule has 96 valence electrons. The van der Waals surface area contributed by atoms with E-state index in [0.717, 1.165) is 0 Å². The summed E-state index contributed by atoms with van der Waals surface area (Å²) in [5, 5.41) is 44.6.